The first-order valence-corrected chi connectivity index (χ1v) is 6.23. The molecule has 2 rings (SSSR count). The Morgan fingerprint density at radius 3 is 2.50 bits per heavy atom. The summed E-state index contributed by atoms with van der Waals surface area (Å²) < 4.78 is 6.02. The molecule has 0 aliphatic heterocycles. The summed E-state index contributed by atoms with van der Waals surface area (Å²) in [5.74, 6) is 1.26. The predicted octanol–water partition coefficient (Wildman–Crippen LogP) is 3.49. The van der Waals surface area contributed by atoms with E-state index in [2.05, 4.69) is 20.9 Å². The molecule has 0 bridgehead atoms. The minimum atomic E-state index is 0.493. The van der Waals surface area contributed by atoms with Gasteiger partial charge in [-0.05, 0) is 34.1 Å². The van der Waals surface area contributed by atoms with Crippen molar-refractivity contribution < 1.29 is 4.74 Å². The summed E-state index contributed by atoms with van der Waals surface area (Å²) >= 11 is 3.42. The van der Waals surface area contributed by atoms with Gasteiger partial charge in [0.05, 0.1) is 17.3 Å². The van der Waals surface area contributed by atoms with Gasteiger partial charge < -0.3 is 10.5 Å². The molecule has 0 aliphatic rings. The van der Waals surface area contributed by atoms with E-state index in [4.69, 9.17) is 10.5 Å². The lowest BCUT2D eigenvalue weighted by Gasteiger charge is -2.04. The Kier molecular flexibility index (Phi) is 3.99. The van der Waals surface area contributed by atoms with Crippen LogP contribution in [-0.4, -0.2) is 12.9 Å². The Bertz CT molecular complexity index is 567. The number of hydrogen-bond donors (Lipinski definition) is 1. The number of ether oxygens (including phenoxy) is 1. The normalized spacial score (nSPS) is 11.3. The predicted molar refractivity (Wildman–Crippen MR) is 77.5 cm³/mol. The molecule has 0 unspecified atom stereocenters. The van der Waals surface area contributed by atoms with Crippen molar-refractivity contribution in [1.82, 2.24) is 0 Å². The zero-order valence-electron chi connectivity index (χ0n) is 9.93. The standard InChI is InChI=1S/C14H13BrN2O/c1-18-13-8-7-11(9-12(13)15)17-14(16)10-5-3-2-4-6-10/h2-9H,1H3,(H2,16,17). The van der Waals surface area contributed by atoms with E-state index < -0.39 is 0 Å². The van der Waals surface area contributed by atoms with Crippen LogP contribution in [0.2, 0.25) is 0 Å². The van der Waals surface area contributed by atoms with E-state index in [0.29, 0.717) is 5.84 Å². The van der Waals surface area contributed by atoms with Crippen molar-refractivity contribution in [2.75, 3.05) is 7.11 Å². The number of amidine groups is 1. The van der Waals surface area contributed by atoms with Gasteiger partial charge in [0.25, 0.3) is 0 Å². The summed E-state index contributed by atoms with van der Waals surface area (Å²) in [7, 11) is 1.63. The first-order valence-electron chi connectivity index (χ1n) is 5.44. The van der Waals surface area contributed by atoms with Crippen LogP contribution in [0.15, 0.2) is 58.0 Å². The monoisotopic (exact) mass is 304 g/mol. The highest BCUT2D eigenvalue weighted by molar-refractivity contribution is 9.10. The highest BCUT2D eigenvalue weighted by Gasteiger charge is 2.02. The Morgan fingerprint density at radius 1 is 1.17 bits per heavy atom. The summed E-state index contributed by atoms with van der Waals surface area (Å²) in [6, 6.07) is 15.2. The number of methoxy groups -OCH3 is 1. The van der Waals surface area contributed by atoms with Crippen molar-refractivity contribution >= 4 is 27.5 Å². The molecule has 92 valence electrons. The SMILES string of the molecule is COc1ccc(N=C(N)c2ccccc2)cc1Br. The highest BCUT2D eigenvalue weighted by atomic mass is 79.9. The minimum Gasteiger partial charge on any atom is -0.496 e. The third-order valence-electron chi connectivity index (χ3n) is 2.45. The number of hydrogen-bond acceptors (Lipinski definition) is 2. The van der Waals surface area contributed by atoms with Gasteiger partial charge in [0.15, 0.2) is 0 Å². The number of rotatable bonds is 3. The second kappa shape index (κ2) is 5.69. The molecule has 0 spiro atoms. The maximum Gasteiger partial charge on any atom is 0.133 e. The van der Waals surface area contributed by atoms with Crippen LogP contribution in [0.5, 0.6) is 5.75 Å². The lowest BCUT2D eigenvalue weighted by molar-refractivity contribution is 0.412. The fourth-order valence-electron chi connectivity index (χ4n) is 1.54. The molecule has 0 heterocycles. The molecule has 0 fully saturated rings. The molecule has 0 atom stereocenters. The lowest BCUT2D eigenvalue weighted by Crippen LogP contribution is -2.12. The number of nitrogens with two attached hydrogens (primary N) is 1. The fourth-order valence-corrected chi connectivity index (χ4v) is 2.07. The molecule has 0 aliphatic carbocycles. The van der Waals surface area contributed by atoms with E-state index in [1.807, 2.05) is 48.5 Å². The molecule has 0 amide bonds. The van der Waals surface area contributed by atoms with E-state index in [-0.39, 0.29) is 0 Å². The molecular weight excluding hydrogens is 292 g/mol. The maximum atomic E-state index is 5.95. The summed E-state index contributed by atoms with van der Waals surface area (Å²) in [5, 5.41) is 0. The van der Waals surface area contributed by atoms with Crippen LogP contribution >= 0.6 is 15.9 Å². The van der Waals surface area contributed by atoms with Gasteiger partial charge in [0, 0.05) is 5.56 Å². The summed E-state index contributed by atoms with van der Waals surface area (Å²) in [6.07, 6.45) is 0. The first kappa shape index (κ1) is 12.6. The number of nitrogens with zero attached hydrogens (tertiary/aromatic N) is 1. The topological polar surface area (TPSA) is 47.6 Å². The minimum absolute atomic E-state index is 0.493. The molecule has 4 heteroatoms. The quantitative estimate of drug-likeness (QED) is 0.697. The van der Waals surface area contributed by atoms with E-state index >= 15 is 0 Å². The number of benzene rings is 2. The van der Waals surface area contributed by atoms with Gasteiger partial charge in [0.2, 0.25) is 0 Å². The average Bonchev–Trinajstić information content (AvgIpc) is 2.40. The van der Waals surface area contributed by atoms with Gasteiger partial charge in [-0.2, -0.15) is 0 Å². The lowest BCUT2D eigenvalue weighted by atomic mass is 10.2. The molecule has 0 saturated carbocycles. The summed E-state index contributed by atoms with van der Waals surface area (Å²) in [6.45, 7) is 0. The second-order valence-corrected chi connectivity index (χ2v) is 4.54. The van der Waals surface area contributed by atoms with Crippen LogP contribution in [0.25, 0.3) is 0 Å². The molecule has 0 radical (unpaired) electrons. The number of aliphatic imine (C=N–C) groups is 1. The molecule has 3 nitrogen and oxygen atoms in total. The van der Waals surface area contributed by atoms with Gasteiger partial charge in [-0.25, -0.2) is 4.99 Å². The van der Waals surface area contributed by atoms with E-state index in [0.717, 1.165) is 21.5 Å². The molecule has 2 aromatic carbocycles. The average molecular weight is 305 g/mol. The third kappa shape index (κ3) is 2.90. The van der Waals surface area contributed by atoms with Gasteiger partial charge in [-0.3, -0.25) is 0 Å². The van der Waals surface area contributed by atoms with Crippen molar-refractivity contribution in [2.45, 2.75) is 0 Å². The van der Waals surface area contributed by atoms with Crippen LogP contribution in [-0.2, 0) is 0 Å². The van der Waals surface area contributed by atoms with Crippen molar-refractivity contribution in [3.05, 3.63) is 58.6 Å². The molecule has 18 heavy (non-hydrogen) atoms. The van der Waals surface area contributed by atoms with Crippen LogP contribution < -0.4 is 10.5 Å². The van der Waals surface area contributed by atoms with Crippen molar-refractivity contribution in [3.63, 3.8) is 0 Å². The zero-order valence-corrected chi connectivity index (χ0v) is 11.5. The zero-order chi connectivity index (χ0) is 13.0. The van der Waals surface area contributed by atoms with Crippen molar-refractivity contribution in [3.8, 4) is 5.75 Å². The van der Waals surface area contributed by atoms with E-state index in [9.17, 15) is 0 Å². The second-order valence-electron chi connectivity index (χ2n) is 3.68. The van der Waals surface area contributed by atoms with Crippen LogP contribution in [0.4, 0.5) is 5.69 Å². The molecule has 2 aromatic rings. The fraction of sp³-hybridized carbons (Fsp3) is 0.0714. The number of halogens is 1. The van der Waals surface area contributed by atoms with Gasteiger partial charge in [-0.15, -0.1) is 0 Å². The van der Waals surface area contributed by atoms with Crippen LogP contribution in [0, 0.1) is 0 Å². The van der Waals surface area contributed by atoms with E-state index in [1.54, 1.807) is 7.11 Å². The summed E-state index contributed by atoms with van der Waals surface area (Å²) in [4.78, 5) is 4.37. The Balaban J connectivity index is 2.31. The molecule has 0 saturated heterocycles. The molecule has 0 aromatic heterocycles. The smallest absolute Gasteiger partial charge is 0.133 e. The maximum absolute atomic E-state index is 5.95. The highest BCUT2D eigenvalue weighted by Crippen LogP contribution is 2.29. The third-order valence-corrected chi connectivity index (χ3v) is 3.07. The Labute approximate surface area is 114 Å². The van der Waals surface area contributed by atoms with Gasteiger partial charge in [0.1, 0.15) is 11.6 Å². The van der Waals surface area contributed by atoms with E-state index in [1.165, 1.54) is 0 Å². The summed E-state index contributed by atoms with van der Waals surface area (Å²) in [5.41, 5.74) is 7.64. The molecule has 2 N–H and O–H groups in total. The van der Waals surface area contributed by atoms with Crippen molar-refractivity contribution in [1.29, 1.82) is 0 Å². The Hall–Kier alpha value is -1.81. The largest absolute Gasteiger partial charge is 0.496 e. The van der Waals surface area contributed by atoms with Crippen molar-refractivity contribution in [2.24, 2.45) is 10.7 Å². The van der Waals surface area contributed by atoms with Gasteiger partial charge in [-0.1, -0.05) is 30.3 Å². The van der Waals surface area contributed by atoms with Gasteiger partial charge >= 0.3 is 0 Å². The Morgan fingerprint density at radius 2 is 1.89 bits per heavy atom. The molecular formula is C14H13BrN2O. The first-order chi connectivity index (χ1) is 8.70. The van der Waals surface area contributed by atoms with Crippen LogP contribution in [0.1, 0.15) is 5.56 Å². The van der Waals surface area contributed by atoms with Crippen LogP contribution in [0.3, 0.4) is 0 Å².